The molecule has 1 amide bonds. The van der Waals surface area contributed by atoms with Crippen molar-refractivity contribution >= 4 is 28.9 Å². The third kappa shape index (κ3) is 3.03. The summed E-state index contributed by atoms with van der Waals surface area (Å²) >= 11 is 6.03. The van der Waals surface area contributed by atoms with Crippen molar-refractivity contribution in [1.82, 2.24) is 4.98 Å². The molecular weight excluding hydrogens is 262 g/mol. The van der Waals surface area contributed by atoms with E-state index >= 15 is 0 Å². The minimum absolute atomic E-state index is 0.322. The summed E-state index contributed by atoms with van der Waals surface area (Å²) in [7, 11) is 0. The van der Waals surface area contributed by atoms with E-state index in [0.29, 0.717) is 22.0 Å². The molecule has 0 saturated heterocycles. The Kier molecular flexibility index (Phi) is 3.71. The number of anilines is 2. The highest BCUT2D eigenvalue weighted by Crippen LogP contribution is 2.24. The number of rotatable bonds is 2. The highest BCUT2D eigenvalue weighted by atomic mass is 35.5. The van der Waals surface area contributed by atoms with E-state index in [4.69, 9.17) is 17.3 Å². The maximum atomic E-state index is 12.1. The van der Waals surface area contributed by atoms with Crippen molar-refractivity contribution in [2.75, 3.05) is 11.1 Å². The van der Waals surface area contributed by atoms with Crippen molar-refractivity contribution in [2.45, 2.75) is 13.8 Å². The highest BCUT2D eigenvalue weighted by Gasteiger charge is 2.12. The molecule has 0 aliphatic heterocycles. The molecule has 1 aromatic heterocycles. The van der Waals surface area contributed by atoms with Gasteiger partial charge in [-0.2, -0.15) is 0 Å². The molecule has 0 aliphatic carbocycles. The largest absolute Gasteiger partial charge is 0.398 e. The van der Waals surface area contributed by atoms with E-state index in [1.807, 2.05) is 19.9 Å². The number of hydrogen-bond acceptors (Lipinski definition) is 3. The Balaban J connectivity index is 2.28. The third-order valence-corrected chi connectivity index (χ3v) is 3.02. The predicted octanol–water partition coefficient (Wildman–Crippen LogP) is 3.19. The van der Waals surface area contributed by atoms with Gasteiger partial charge < -0.3 is 11.1 Å². The number of benzene rings is 1. The number of carbonyl (C=O) groups is 1. The van der Waals surface area contributed by atoms with Crippen LogP contribution in [0.1, 0.15) is 21.6 Å². The number of nitrogens with one attached hydrogen (secondary N) is 1. The number of pyridine rings is 1. The van der Waals surface area contributed by atoms with Crippen LogP contribution in [0.5, 0.6) is 0 Å². The van der Waals surface area contributed by atoms with Crippen molar-refractivity contribution in [3.05, 3.63) is 52.3 Å². The summed E-state index contributed by atoms with van der Waals surface area (Å²) in [4.78, 5) is 16.2. The lowest BCUT2D eigenvalue weighted by Gasteiger charge is -2.09. The zero-order chi connectivity index (χ0) is 14.0. The lowest BCUT2D eigenvalue weighted by atomic mass is 10.2. The summed E-state index contributed by atoms with van der Waals surface area (Å²) in [5.41, 5.74) is 8.88. The topological polar surface area (TPSA) is 68.0 Å². The van der Waals surface area contributed by atoms with Crippen molar-refractivity contribution in [1.29, 1.82) is 0 Å². The maximum Gasteiger partial charge on any atom is 0.259 e. The smallest absolute Gasteiger partial charge is 0.259 e. The predicted molar refractivity (Wildman–Crippen MR) is 77.5 cm³/mol. The number of carbonyl (C=O) groups excluding carboxylic acids is 1. The van der Waals surface area contributed by atoms with Crippen LogP contribution >= 0.6 is 11.6 Å². The first-order chi connectivity index (χ1) is 8.97. The quantitative estimate of drug-likeness (QED) is 0.884. The molecule has 3 N–H and O–H groups in total. The van der Waals surface area contributed by atoms with Crippen LogP contribution in [0, 0.1) is 13.8 Å². The zero-order valence-corrected chi connectivity index (χ0v) is 11.5. The second-order valence-electron chi connectivity index (χ2n) is 4.35. The lowest BCUT2D eigenvalue weighted by molar-refractivity contribution is 0.102. The Labute approximate surface area is 116 Å². The number of nitrogen functional groups attached to an aromatic ring is 1. The zero-order valence-electron chi connectivity index (χ0n) is 10.7. The highest BCUT2D eigenvalue weighted by molar-refractivity contribution is 6.34. The first-order valence-electron chi connectivity index (χ1n) is 5.77. The summed E-state index contributed by atoms with van der Waals surface area (Å²) in [6, 6.07) is 7.08. The fourth-order valence-corrected chi connectivity index (χ4v) is 1.86. The van der Waals surface area contributed by atoms with Crippen LogP contribution in [-0.2, 0) is 0 Å². The average molecular weight is 276 g/mol. The van der Waals surface area contributed by atoms with Crippen LogP contribution in [0.2, 0.25) is 5.02 Å². The van der Waals surface area contributed by atoms with E-state index in [-0.39, 0.29) is 5.91 Å². The number of hydrogen-bond donors (Lipinski definition) is 2. The van der Waals surface area contributed by atoms with Gasteiger partial charge in [-0.3, -0.25) is 9.78 Å². The first kappa shape index (κ1) is 13.4. The van der Waals surface area contributed by atoms with Crippen LogP contribution in [0.4, 0.5) is 11.4 Å². The van der Waals surface area contributed by atoms with Crippen molar-refractivity contribution in [3.8, 4) is 0 Å². The molecule has 0 bridgehead atoms. The minimum atomic E-state index is -0.322. The number of nitrogens with two attached hydrogens (primary N) is 1. The van der Waals surface area contributed by atoms with Gasteiger partial charge in [0.2, 0.25) is 0 Å². The van der Waals surface area contributed by atoms with Crippen LogP contribution in [0.3, 0.4) is 0 Å². The van der Waals surface area contributed by atoms with Gasteiger partial charge in [0, 0.05) is 17.6 Å². The molecule has 0 radical (unpaired) electrons. The van der Waals surface area contributed by atoms with Gasteiger partial charge in [-0.1, -0.05) is 17.7 Å². The second kappa shape index (κ2) is 5.28. The fraction of sp³-hybridized carbons (Fsp3) is 0.143. The molecule has 0 aliphatic rings. The van der Waals surface area contributed by atoms with Crippen LogP contribution in [0.25, 0.3) is 0 Å². The number of aryl methyl sites for hydroxylation is 2. The number of aromatic nitrogens is 1. The molecule has 5 heteroatoms. The molecule has 2 rings (SSSR count). The van der Waals surface area contributed by atoms with Gasteiger partial charge in [-0.05, 0) is 37.6 Å². The molecule has 98 valence electrons. The van der Waals surface area contributed by atoms with E-state index in [0.717, 1.165) is 11.3 Å². The number of amides is 1. The third-order valence-electron chi connectivity index (χ3n) is 2.69. The van der Waals surface area contributed by atoms with Gasteiger partial charge in [0.05, 0.1) is 16.3 Å². The van der Waals surface area contributed by atoms with E-state index in [9.17, 15) is 4.79 Å². The van der Waals surface area contributed by atoms with Gasteiger partial charge in [0.15, 0.2) is 0 Å². The van der Waals surface area contributed by atoms with Gasteiger partial charge in [0.25, 0.3) is 5.91 Å². The molecule has 19 heavy (non-hydrogen) atoms. The Bertz CT molecular complexity index is 641. The lowest BCUT2D eigenvalue weighted by Crippen LogP contribution is -2.15. The molecule has 4 nitrogen and oxygen atoms in total. The fourth-order valence-electron chi connectivity index (χ4n) is 1.70. The molecule has 2 aromatic rings. The molecule has 1 heterocycles. The first-order valence-corrected chi connectivity index (χ1v) is 6.15. The average Bonchev–Trinajstić information content (AvgIpc) is 2.33. The summed E-state index contributed by atoms with van der Waals surface area (Å²) in [5, 5.41) is 3.22. The Hall–Kier alpha value is -2.07. The van der Waals surface area contributed by atoms with E-state index in [1.54, 1.807) is 18.2 Å². The summed E-state index contributed by atoms with van der Waals surface area (Å²) in [6.07, 6.45) is 1.46. The molecular formula is C14H14ClN3O. The number of nitrogens with zero attached hydrogens (tertiary/aromatic N) is 1. The van der Waals surface area contributed by atoms with Crippen molar-refractivity contribution < 1.29 is 4.79 Å². The molecule has 0 atom stereocenters. The Morgan fingerprint density at radius 2 is 2.05 bits per heavy atom. The van der Waals surface area contributed by atoms with Gasteiger partial charge in [-0.15, -0.1) is 0 Å². The van der Waals surface area contributed by atoms with E-state index < -0.39 is 0 Å². The van der Waals surface area contributed by atoms with Gasteiger partial charge in [-0.25, -0.2) is 0 Å². The second-order valence-corrected chi connectivity index (χ2v) is 4.76. The standard InChI is InChI=1S/C14H14ClN3O/c1-8-3-4-11(15)13(5-8)18-14(19)10-7-17-9(2)6-12(10)16/h3-7H,1-2H3,(H2,16,17)(H,18,19). The van der Waals surface area contributed by atoms with Crippen molar-refractivity contribution in [2.24, 2.45) is 0 Å². The van der Waals surface area contributed by atoms with Crippen LogP contribution in [-0.4, -0.2) is 10.9 Å². The Morgan fingerprint density at radius 3 is 2.74 bits per heavy atom. The molecule has 0 spiro atoms. The summed E-state index contributed by atoms with van der Waals surface area (Å²) in [6.45, 7) is 3.74. The molecule has 1 aromatic carbocycles. The maximum absolute atomic E-state index is 12.1. The number of halogens is 1. The summed E-state index contributed by atoms with van der Waals surface area (Å²) in [5.74, 6) is -0.322. The van der Waals surface area contributed by atoms with E-state index in [1.165, 1.54) is 6.20 Å². The molecule has 0 unspecified atom stereocenters. The molecule has 0 fully saturated rings. The summed E-state index contributed by atoms with van der Waals surface area (Å²) < 4.78 is 0. The SMILES string of the molecule is Cc1ccc(Cl)c(NC(=O)c2cnc(C)cc2N)c1. The minimum Gasteiger partial charge on any atom is -0.398 e. The van der Waals surface area contributed by atoms with Gasteiger partial charge >= 0.3 is 0 Å². The monoisotopic (exact) mass is 275 g/mol. The van der Waals surface area contributed by atoms with Crippen LogP contribution in [0.15, 0.2) is 30.5 Å². The molecule has 0 saturated carbocycles. The van der Waals surface area contributed by atoms with Crippen LogP contribution < -0.4 is 11.1 Å². The van der Waals surface area contributed by atoms with Crippen molar-refractivity contribution in [3.63, 3.8) is 0 Å². The van der Waals surface area contributed by atoms with Gasteiger partial charge in [0.1, 0.15) is 0 Å². The Morgan fingerprint density at radius 1 is 1.32 bits per heavy atom. The van der Waals surface area contributed by atoms with E-state index in [2.05, 4.69) is 10.3 Å². The normalized spacial score (nSPS) is 10.3.